The Kier molecular flexibility index (Phi) is 4.14. The first-order valence-corrected chi connectivity index (χ1v) is 7.36. The van der Waals surface area contributed by atoms with Gasteiger partial charge in [0.15, 0.2) is 0 Å². The van der Waals surface area contributed by atoms with Crippen LogP contribution in [0.5, 0.6) is 11.6 Å². The number of aromatic nitrogens is 1. The summed E-state index contributed by atoms with van der Waals surface area (Å²) in [6.07, 6.45) is 3.62. The molecule has 18 heavy (non-hydrogen) atoms. The van der Waals surface area contributed by atoms with Crippen molar-refractivity contribution in [1.29, 1.82) is 0 Å². The van der Waals surface area contributed by atoms with Crippen LogP contribution in [0.15, 0.2) is 39.8 Å². The zero-order chi connectivity index (χ0) is 13.1. The number of hydrogen-bond acceptors (Lipinski definition) is 4. The minimum absolute atomic E-state index is 0.531. The van der Waals surface area contributed by atoms with Crippen LogP contribution in [0.4, 0.5) is 5.69 Å². The van der Waals surface area contributed by atoms with Crippen molar-refractivity contribution in [2.45, 2.75) is 11.8 Å². The van der Waals surface area contributed by atoms with Gasteiger partial charge in [0.05, 0.1) is 16.4 Å². The largest absolute Gasteiger partial charge is 0.437 e. The van der Waals surface area contributed by atoms with Gasteiger partial charge >= 0.3 is 0 Å². The molecular formula is C13H13BrN2OS. The average molecular weight is 325 g/mol. The lowest BCUT2D eigenvalue weighted by Crippen LogP contribution is -1.96. The van der Waals surface area contributed by atoms with Crippen molar-refractivity contribution < 1.29 is 4.74 Å². The molecular weight excluding hydrogens is 312 g/mol. The molecule has 2 N–H and O–H groups in total. The SMILES string of the molecule is CSc1ccccc1Oc1ncc(N)c(C)c1Br. The molecule has 5 heteroatoms. The second-order valence-corrected chi connectivity index (χ2v) is 5.35. The summed E-state index contributed by atoms with van der Waals surface area (Å²) in [4.78, 5) is 5.28. The summed E-state index contributed by atoms with van der Waals surface area (Å²) in [7, 11) is 0. The second kappa shape index (κ2) is 5.63. The van der Waals surface area contributed by atoms with Crippen molar-refractivity contribution in [2.24, 2.45) is 0 Å². The van der Waals surface area contributed by atoms with Gasteiger partial charge in [-0.25, -0.2) is 4.98 Å². The monoisotopic (exact) mass is 324 g/mol. The molecule has 0 radical (unpaired) electrons. The summed E-state index contributed by atoms with van der Waals surface area (Å²) in [6, 6.07) is 7.85. The highest BCUT2D eigenvalue weighted by Crippen LogP contribution is 2.36. The number of anilines is 1. The number of thioether (sulfide) groups is 1. The predicted molar refractivity (Wildman–Crippen MR) is 79.4 cm³/mol. The quantitative estimate of drug-likeness (QED) is 0.857. The number of nitrogen functional groups attached to an aromatic ring is 1. The van der Waals surface area contributed by atoms with E-state index in [0.29, 0.717) is 11.6 Å². The summed E-state index contributed by atoms with van der Waals surface area (Å²) in [5.74, 6) is 1.32. The molecule has 2 aromatic rings. The lowest BCUT2D eigenvalue weighted by Gasteiger charge is -2.11. The molecule has 94 valence electrons. The van der Waals surface area contributed by atoms with Crippen molar-refractivity contribution in [2.75, 3.05) is 12.0 Å². The molecule has 0 aliphatic carbocycles. The third-order valence-electron chi connectivity index (χ3n) is 2.55. The van der Waals surface area contributed by atoms with Gasteiger partial charge in [0.2, 0.25) is 5.88 Å². The van der Waals surface area contributed by atoms with Crippen LogP contribution in [-0.4, -0.2) is 11.2 Å². The van der Waals surface area contributed by atoms with Crippen LogP contribution in [0, 0.1) is 6.92 Å². The number of rotatable bonds is 3. The van der Waals surface area contributed by atoms with Crippen molar-refractivity contribution >= 4 is 33.4 Å². The van der Waals surface area contributed by atoms with E-state index in [1.165, 1.54) is 0 Å². The van der Waals surface area contributed by atoms with E-state index in [1.807, 2.05) is 37.4 Å². The Balaban J connectivity index is 2.37. The van der Waals surface area contributed by atoms with Gasteiger partial charge in [-0.2, -0.15) is 0 Å². The third-order valence-corrected chi connectivity index (χ3v) is 4.26. The minimum atomic E-state index is 0.531. The van der Waals surface area contributed by atoms with Crippen LogP contribution in [-0.2, 0) is 0 Å². The highest BCUT2D eigenvalue weighted by atomic mass is 79.9. The molecule has 0 amide bonds. The molecule has 3 nitrogen and oxygen atoms in total. The maximum atomic E-state index is 5.83. The Morgan fingerprint density at radius 1 is 1.33 bits per heavy atom. The van der Waals surface area contributed by atoms with E-state index in [9.17, 15) is 0 Å². The number of para-hydroxylation sites is 1. The standard InChI is InChI=1S/C13H13BrN2OS/c1-8-9(15)7-16-13(12(8)14)17-10-5-3-4-6-11(10)18-2/h3-7H,15H2,1-2H3. The van der Waals surface area contributed by atoms with Crippen LogP contribution in [0.25, 0.3) is 0 Å². The fourth-order valence-corrected chi connectivity index (χ4v) is 2.38. The van der Waals surface area contributed by atoms with Crippen molar-refractivity contribution in [3.63, 3.8) is 0 Å². The lowest BCUT2D eigenvalue weighted by atomic mass is 10.2. The first-order valence-electron chi connectivity index (χ1n) is 5.35. The molecule has 1 aromatic heterocycles. The van der Waals surface area contributed by atoms with Gasteiger partial charge in [-0.3, -0.25) is 0 Å². The highest BCUT2D eigenvalue weighted by Gasteiger charge is 2.11. The average Bonchev–Trinajstić information content (AvgIpc) is 2.40. The van der Waals surface area contributed by atoms with E-state index in [2.05, 4.69) is 20.9 Å². The molecule has 0 atom stereocenters. The van der Waals surface area contributed by atoms with Crippen LogP contribution in [0.3, 0.4) is 0 Å². The molecule has 0 fully saturated rings. The molecule has 1 heterocycles. The maximum Gasteiger partial charge on any atom is 0.234 e. The Bertz CT molecular complexity index is 575. The van der Waals surface area contributed by atoms with Gasteiger partial charge in [0.25, 0.3) is 0 Å². The van der Waals surface area contributed by atoms with Crippen LogP contribution < -0.4 is 10.5 Å². The Hall–Kier alpha value is -1.20. The van der Waals surface area contributed by atoms with Gasteiger partial charge in [0, 0.05) is 4.90 Å². The van der Waals surface area contributed by atoms with E-state index in [-0.39, 0.29) is 0 Å². The summed E-state index contributed by atoms with van der Waals surface area (Å²) in [6.45, 7) is 1.93. The van der Waals surface area contributed by atoms with E-state index in [0.717, 1.165) is 20.7 Å². The number of halogens is 1. The topological polar surface area (TPSA) is 48.1 Å². The summed E-state index contributed by atoms with van der Waals surface area (Å²) in [5, 5.41) is 0. The van der Waals surface area contributed by atoms with Crippen LogP contribution in [0.1, 0.15) is 5.56 Å². The number of pyridine rings is 1. The van der Waals surface area contributed by atoms with E-state index >= 15 is 0 Å². The summed E-state index contributed by atoms with van der Waals surface area (Å²) >= 11 is 5.10. The second-order valence-electron chi connectivity index (χ2n) is 3.71. The number of nitrogens with two attached hydrogens (primary N) is 1. The van der Waals surface area contributed by atoms with E-state index in [4.69, 9.17) is 10.5 Å². The van der Waals surface area contributed by atoms with Crippen LogP contribution >= 0.6 is 27.7 Å². The number of hydrogen-bond donors (Lipinski definition) is 1. The zero-order valence-corrected chi connectivity index (χ0v) is 12.5. The minimum Gasteiger partial charge on any atom is -0.437 e. The first kappa shape index (κ1) is 13.2. The molecule has 0 aliphatic heterocycles. The molecule has 0 saturated carbocycles. The summed E-state index contributed by atoms with van der Waals surface area (Å²) < 4.78 is 6.62. The molecule has 0 bridgehead atoms. The maximum absolute atomic E-state index is 5.83. The number of benzene rings is 1. The summed E-state index contributed by atoms with van der Waals surface area (Å²) in [5.41, 5.74) is 7.36. The molecule has 1 aromatic carbocycles. The molecule has 0 spiro atoms. The van der Waals surface area contributed by atoms with Gasteiger partial charge in [-0.1, -0.05) is 12.1 Å². The molecule has 0 saturated heterocycles. The molecule has 0 aliphatic rings. The number of nitrogens with zero attached hydrogens (tertiary/aromatic N) is 1. The Morgan fingerprint density at radius 3 is 2.78 bits per heavy atom. The smallest absolute Gasteiger partial charge is 0.234 e. The molecule has 2 rings (SSSR count). The lowest BCUT2D eigenvalue weighted by molar-refractivity contribution is 0.449. The zero-order valence-electron chi connectivity index (χ0n) is 10.1. The van der Waals surface area contributed by atoms with Crippen molar-refractivity contribution in [3.8, 4) is 11.6 Å². The fraction of sp³-hybridized carbons (Fsp3) is 0.154. The van der Waals surface area contributed by atoms with Gasteiger partial charge in [0.1, 0.15) is 5.75 Å². The van der Waals surface area contributed by atoms with E-state index < -0.39 is 0 Å². The van der Waals surface area contributed by atoms with Crippen molar-refractivity contribution in [3.05, 3.63) is 40.5 Å². The first-order chi connectivity index (χ1) is 8.63. The van der Waals surface area contributed by atoms with E-state index in [1.54, 1.807) is 18.0 Å². The van der Waals surface area contributed by atoms with Gasteiger partial charge in [-0.15, -0.1) is 11.8 Å². The Morgan fingerprint density at radius 2 is 2.06 bits per heavy atom. The van der Waals surface area contributed by atoms with Gasteiger partial charge in [-0.05, 0) is 46.8 Å². The molecule has 0 unspecified atom stereocenters. The Labute approximate surface area is 119 Å². The van der Waals surface area contributed by atoms with Gasteiger partial charge < -0.3 is 10.5 Å². The third kappa shape index (κ3) is 2.62. The highest BCUT2D eigenvalue weighted by molar-refractivity contribution is 9.10. The van der Waals surface area contributed by atoms with Crippen LogP contribution in [0.2, 0.25) is 0 Å². The number of ether oxygens (including phenoxy) is 1. The van der Waals surface area contributed by atoms with Crippen molar-refractivity contribution in [1.82, 2.24) is 4.98 Å². The predicted octanol–water partition coefficient (Wildman–Crippen LogP) is 4.25. The normalized spacial score (nSPS) is 10.4. The fourth-order valence-electron chi connectivity index (χ4n) is 1.45.